The molecule has 1 fully saturated rings. The predicted octanol–water partition coefficient (Wildman–Crippen LogP) is 2.57. The predicted molar refractivity (Wildman–Crippen MR) is 88.6 cm³/mol. The minimum Gasteiger partial charge on any atom is -0.510 e. The number of amides is 1. The number of benzene rings is 1. The Morgan fingerprint density at radius 3 is 2.52 bits per heavy atom. The van der Waals surface area contributed by atoms with Crippen molar-refractivity contribution in [1.82, 2.24) is 10.2 Å². The number of allylic oxidation sites excluding steroid dienone is 1. The number of nitrogens with one attached hydrogen (secondary N) is 1. The molecule has 23 heavy (non-hydrogen) atoms. The molecule has 1 saturated heterocycles. The van der Waals surface area contributed by atoms with E-state index in [0.717, 1.165) is 32.5 Å². The molecule has 0 atom stereocenters. The number of hydrogen-bond donors (Lipinski definition) is 2. The number of rotatable bonds is 6. The fraction of sp³-hybridized carbons (Fsp3) is 0.471. The van der Waals surface area contributed by atoms with E-state index >= 15 is 0 Å². The van der Waals surface area contributed by atoms with E-state index in [9.17, 15) is 14.8 Å². The number of nitroso groups, excluding NO2 is 1. The van der Waals surface area contributed by atoms with Crippen LogP contribution in [0.4, 0.5) is 0 Å². The zero-order chi connectivity index (χ0) is 16.7. The first-order chi connectivity index (χ1) is 11.1. The van der Waals surface area contributed by atoms with Crippen LogP contribution in [0.25, 0.3) is 0 Å². The van der Waals surface area contributed by atoms with Crippen LogP contribution in [0.15, 0.2) is 47.0 Å². The smallest absolute Gasteiger partial charge is 0.277 e. The maximum Gasteiger partial charge on any atom is 0.277 e. The number of carbonyl (C=O) groups excluding carboxylic acids is 1. The van der Waals surface area contributed by atoms with Crippen LogP contribution in [0.2, 0.25) is 0 Å². The van der Waals surface area contributed by atoms with Crippen LogP contribution < -0.4 is 5.32 Å². The number of piperidine rings is 1. The third-order valence-corrected chi connectivity index (χ3v) is 4.16. The minimum atomic E-state index is -0.605. The molecule has 0 spiro atoms. The Labute approximate surface area is 136 Å². The fourth-order valence-electron chi connectivity index (χ4n) is 2.78. The third-order valence-electron chi connectivity index (χ3n) is 4.16. The maximum absolute atomic E-state index is 11.7. The van der Waals surface area contributed by atoms with Crippen LogP contribution in [0.3, 0.4) is 0 Å². The second-order valence-electron chi connectivity index (χ2n) is 5.94. The van der Waals surface area contributed by atoms with Crippen LogP contribution in [0.1, 0.15) is 25.3 Å². The molecule has 0 aromatic heterocycles. The maximum atomic E-state index is 11.7. The number of nitrogens with zero attached hydrogens (tertiary/aromatic N) is 2. The highest BCUT2D eigenvalue weighted by atomic mass is 16.3. The van der Waals surface area contributed by atoms with E-state index in [4.69, 9.17) is 0 Å². The summed E-state index contributed by atoms with van der Waals surface area (Å²) >= 11 is 0. The van der Waals surface area contributed by atoms with Gasteiger partial charge in [-0.1, -0.05) is 30.3 Å². The van der Waals surface area contributed by atoms with E-state index in [0.29, 0.717) is 12.5 Å². The van der Waals surface area contributed by atoms with Crippen molar-refractivity contribution in [3.63, 3.8) is 0 Å². The van der Waals surface area contributed by atoms with Crippen LogP contribution in [-0.4, -0.2) is 35.5 Å². The quantitative estimate of drug-likeness (QED) is 0.480. The van der Waals surface area contributed by atoms with Gasteiger partial charge < -0.3 is 10.4 Å². The largest absolute Gasteiger partial charge is 0.510 e. The topological polar surface area (TPSA) is 82.0 Å². The fourth-order valence-corrected chi connectivity index (χ4v) is 2.78. The Kier molecular flexibility index (Phi) is 6.29. The molecule has 1 aromatic carbocycles. The second-order valence-corrected chi connectivity index (χ2v) is 5.94. The zero-order valence-electron chi connectivity index (χ0n) is 13.4. The molecule has 1 aromatic rings. The van der Waals surface area contributed by atoms with Gasteiger partial charge in [0.1, 0.15) is 5.76 Å². The van der Waals surface area contributed by atoms with Crippen molar-refractivity contribution in [2.24, 2.45) is 11.1 Å². The first kappa shape index (κ1) is 17.1. The van der Waals surface area contributed by atoms with Crippen molar-refractivity contribution >= 4 is 5.91 Å². The molecule has 124 valence electrons. The Morgan fingerprint density at radius 1 is 1.30 bits per heavy atom. The SMILES string of the molecule is CC(O)=C(N=O)C(=O)NCC1CCN(Cc2ccccc2)CC1. The molecule has 0 aliphatic carbocycles. The third kappa shape index (κ3) is 5.17. The lowest BCUT2D eigenvalue weighted by molar-refractivity contribution is -0.118. The number of carbonyl (C=O) groups is 1. The molecule has 0 unspecified atom stereocenters. The van der Waals surface area contributed by atoms with Gasteiger partial charge in [-0.3, -0.25) is 9.69 Å². The highest BCUT2D eigenvalue weighted by Gasteiger charge is 2.21. The Hall–Kier alpha value is -2.21. The lowest BCUT2D eigenvalue weighted by Gasteiger charge is -2.32. The van der Waals surface area contributed by atoms with Gasteiger partial charge in [0.2, 0.25) is 5.70 Å². The van der Waals surface area contributed by atoms with Crippen LogP contribution in [0.5, 0.6) is 0 Å². The summed E-state index contributed by atoms with van der Waals surface area (Å²) in [6, 6.07) is 10.4. The van der Waals surface area contributed by atoms with Crippen molar-refractivity contribution in [3.05, 3.63) is 52.3 Å². The zero-order valence-corrected chi connectivity index (χ0v) is 13.4. The Morgan fingerprint density at radius 2 is 1.96 bits per heavy atom. The van der Waals surface area contributed by atoms with Crippen molar-refractivity contribution < 1.29 is 9.90 Å². The Bertz CT molecular complexity index is 560. The Balaban J connectivity index is 1.74. The summed E-state index contributed by atoms with van der Waals surface area (Å²) < 4.78 is 0. The molecule has 0 bridgehead atoms. The first-order valence-electron chi connectivity index (χ1n) is 7.88. The van der Waals surface area contributed by atoms with Gasteiger partial charge in [-0.25, -0.2) is 0 Å². The van der Waals surface area contributed by atoms with Crippen LogP contribution in [0, 0.1) is 10.8 Å². The van der Waals surface area contributed by atoms with Gasteiger partial charge in [0.05, 0.1) is 0 Å². The molecule has 1 amide bonds. The summed E-state index contributed by atoms with van der Waals surface area (Å²) in [4.78, 5) is 24.7. The standard InChI is InChI=1S/C17H23N3O3/c1-13(21)16(19-23)17(22)18-11-14-7-9-20(10-8-14)12-15-5-3-2-4-6-15/h2-6,14,21H,7-12H2,1H3,(H,18,22). The molecule has 1 aliphatic rings. The second kappa shape index (κ2) is 8.43. The van der Waals surface area contributed by atoms with E-state index in [1.165, 1.54) is 12.5 Å². The number of hydrogen-bond acceptors (Lipinski definition) is 5. The van der Waals surface area contributed by atoms with Gasteiger partial charge in [-0.15, -0.1) is 4.91 Å². The number of aliphatic hydroxyl groups is 1. The molecule has 1 aliphatic heterocycles. The van der Waals surface area contributed by atoms with Gasteiger partial charge >= 0.3 is 0 Å². The molecule has 1 heterocycles. The van der Waals surface area contributed by atoms with Crippen molar-refractivity contribution in [3.8, 4) is 0 Å². The average molecular weight is 317 g/mol. The molecule has 2 rings (SSSR count). The number of aliphatic hydroxyl groups excluding tert-OH is 1. The van der Waals surface area contributed by atoms with Gasteiger partial charge in [-0.2, -0.15) is 0 Å². The normalized spacial score (nSPS) is 17.4. The van der Waals surface area contributed by atoms with E-state index in [2.05, 4.69) is 27.5 Å². The molecule has 6 nitrogen and oxygen atoms in total. The van der Waals surface area contributed by atoms with Crippen molar-refractivity contribution in [1.29, 1.82) is 0 Å². The molecular weight excluding hydrogens is 294 g/mol. The van der Waals surface area contributed by atoms with Crippen molar-refractivity contribution in [2.45, 2.75) is 26.3 Å². The van der Waals surface area contributed by atoms with Gasteiger partial charge in [0, 0.05) is 13.1 Å². The molecular formula is C17H23N3O3. The van der Waals surface area contributed by atoms with Crippen LogP contribution in [-0.2, 0) is 11.3 Å². The van der Waals surface area contributed by atoms with Gasteiger partial charge in [0.15, 0.2) is 0 Å². The summed E-state index contributed by atoms with van der Waals surface area (Å²) in [5, 5.41) is 14.5. The van der Waals surface area contributed by atoms with Crippen molar-refractivity contribution in [2.75, 3.05) is 19.6 Å². The lowest BCUT2D eigenvalue weighted by Crippen LogP contribution is -2.38. The molecule has 0 radical (unpaired) electrons. The summed E-state index contributed by atoms with van der Waals surface area (Å²) in [6.07, 6.45) is 2.00. The average Bonchev–Trinajstić information content (AvgIpc) is 2.55. The first-order valence-corrected chi connectivity index (χ1v) is 7.88. The van der Waals surface area contributed by atoms with Crippen LogP contribution >= 0.6 is 0 Å². The highest BCUT2D eigenvalue weighted by molar-refractivity contribution is 5.93. The monoisotopic (exact) mass is 317 g/mol. The molecule has 2 N–H and O–H groups in total. The number of likely N-dealkylation sites (tertiary alicyclic amines) is 1. The summed E-state index contributed by atoms with van der Waals surface area (Å²) in [6.45, 7) is 4.71. The summed E-state index contributed by atoms with van der Waals surface area (Å²) in [5.74, 6) is -0.570. The van der Waals surface area contributed by atoms with E-state index < -0.39 is 11.6 Å². The summed E-state index contributed by atoms with van der Waals surface area (Å²) in [7, 11) is 0. The summed E-state index contributed by atoms with van der Waals surface area (Å²) in [5.41, 5.74) is 0.871. The van der Waals surface area contributed by atoms with E-state index in [-0.39, 0.29) is 5.76 Å². The van der Waals surface area contributed by atoms with E-state index in [1.54, 1.807) is 0 Å². The van der Waals surface area contributed by atoms with Gasteiger partial charge in [-0.05, 0) is 49.5 Å². The lowest BCUT2D eigenvalue weighted by atomic mass is 9.96. The minimum absolute atomic E-state index is 0.352. The molecule has 0 saturated carbocycles. The highest BCUT2D eigenvalue weighted by Crippen LogP contribution is 2.18. The van der Waals surface area contributed by atoms with Gasteiger partial charge in [0.25, 0.3) is 5.91 Å². The van der Waals surface area contributed by atoms with E-state index in [1.807, 2.05) is 18.2 Å². The molecule has 6 heteroatoms.